The molecule has 0 aromatic heterocycles. The molecule has 7 atom stereocenters. The Morgan fingerprint density at radius 2 is 1.71 bits per heavy atom. The van der Waals surface area contributed by atoms with Crippen LogP contribution in [0.2, 0.25) is 0 Å². The van der Waals surface area contributed by atoms with E-state index >= 15 is 0 Å². The molecule has 3 saturated carbocycles. The zero-order valence-electron chi connectivity index (χ0n) is 17.4. The van der Waals surface area contributed by atoms with Gasteiger partial charge in [0.1, 0.15) is 0 Å². The molecule has 0 spiro atoms. The van der Waals surface area contributed by atoms with Crippen LogP contribution in [0.25, 0.3) is 0 Å². The highest BCUT2D eigenvalue weighted by molar-refractivity contribution is 5.30. The molecule has 0 N–H and O–H groups in total. The Balaban J connectivity index is 1.59. The number of hydrogen-bond acceptors (Lipinski definition) is 0. The summed E-state index contributed by atoms with van der Waals surface area (Å²) >= 11 is 0. The third-order valence-corrected chi connectivity index (χ3v) is 8.65. The van der Waals surface area contributed by atoms with Gasteiger partial charge in [0.05, 0.1) is 0 Å². The average Bonchev–Trinajstić information content (AvgIpc) is 3.06. The quantitative estimate of drug-likeness (QED) is 0.388. The first-order valence-electron chi connectivity index (χ1n) is 10.9. The molecule has 0 heterocycles. The number of rotatable bonds is 9. The first kappa shape index (κ1) is 18.5. The van der Waals surface area contributed by atoms with Gasteiger partial charge in [0, 0.05) is 0 Å². The van der Waals surface area contributed by atoms with E-state index in [1.54, 1.807) is 0 Å². The van der Waals surface area contributed by atoms with Crippen molar-refractivity contribution in [3.63, 3.8) is 0 Å². The fourth-order valence-electron chi connectivity index (χ4n) is 6.47. The van der Waals surface area contributed by atoms with Gasteiger partial charge < -0.3 is 0 Å². The number of hydrogen-bond donors (Lipinski definition) is 0. The van der Waals surface area contributed by atoms with Gasteiger partial charge in [-0.3, -0.25) is 0 Å². The summed E-state index contributed by atoms with van der Waals surface area (Å²) in [6, 6.07) is 0. The Morgan fingerprint density at radius 3 is 2.25 bits per heavy atom. The molecule has 0 saturated heterocycles. The summed E-state index contributed by atoms with van der Waals surface area (Å²) in [6.07, 6.45) is 13.7. The van der Waals surface area contributed by atoms with Crippen molar-refractivity contribution in [2.45, 2.75) is 87.0 Å². The molecule has 3 aliphatic carbocycles. The van der Waals surface area contributed by atoms with E-state index in [1.165, 1.54) is 38.5 Å². The maximum Gasteiger partial charge on any atom is -0.0226 e. The zero-order valence-corrected chi connectivity index (χ0v) is 17.4. The van der Waals surface area contributed by atoms with Crippen molar-refractivity contribution in [1.82, 2.24) is 0 Å². The molecule has 0 aromatic rings. The Morgan fingerprint density at radius 1 is 1.00 bits per heavy atom. The van der Waals surface area contributed by atoms with Crippen LogP contribution in [-0.4, -0.2) is 0 Å². The largest absolute Gasteiger partial charge is 0.0882 e. The third kappa shape index (κ3) is 2.90. The minimum Gasteiger partial charge on any atom is -0.0882 e. The molecule has 3 aliphatic rings. The highest BCUT2D eigenvalue weighted by Crippen LogP contribution is 2.88. The summed E-state index contributed by atoms with van der Waals surface area (Å²) in [4.78, 5) is 0. The highest BCUT2D eigenvalue weighted by Gasteiger charge is 2.82. The standard InChI is InChI=1S/C24H42/c1-8-17(4)12-14-24(13-10-9-11-18(5)16(2)3)21-19-15-23(6,7)20(19)22(21)24/h9,11,16-22H,8,10,12-15H2,1-7H3. The van der Waals surface area contributed by atoms with Gasteiger partial charge in [0.15, 0.2) is 0 Å². The zero-order chi connectivity index (χ0) is 17.7. The van der Waals surface area contributed by atoms with E-state index in [1.807, 2.05) is 0 Å². The van der Waals surface area contributed by atoms with Gasteiger partial charge in [-0.25, -0.2) is 0 Å². The van der Waals surface area contributed by atoms with Gasteiger partial charge in [0.2, 0.25) is 0 Å². The summed E-state index contributed by atoms with van der Waals surface area (Å²) in [5.41, 5.74) is 1.41. The van der Waals surface area contributed by atoms with Crippen LogP contribution in [0.4, 0.5) is 0 Å². The lowest BCUT2D eigenvalue weighted by molar-refractivity contribution is -0.103. The molecule has 3 rings (SSSR count). The van der Waals surface area contributed by atoms with Gasteiger partial charge in [-0.15, -0.1) is 0 Å². The maximum atomic E-state index is 2.53. The summed E-state index contributed by atoms with van der Waals surface area (Å²) in [5.74, 6) is 6.84. The fraction of sp³-hybridized carbons (Fsp3) is 0.917. The highest BCUT2D eigenvalue weighted by atomic mass is 14.9. The lowest BCUT2D eigenvalue weighted by atomic mass is 9.46. The van der Waals surface area contributed by atoms with Gasteiger partial charge in [-0.05, 0) is 77.9 Å². The summed E-state index contributed by atoms with van der Waals surface area (Å²) in [6.45, 7) is 16.9. The molecule has 0 bridgehead atoms. The van der Waals surface area contributed by atoms with Crippen molar-refractivity contribution in [2.24, 2.45) is 52.3 Å². The lowest BCUT2D eigenvalue weighted by Crippen LogP contribution is -2.52. The van der Waals surface area contributed by atoms with Crippen LogP contribution in [-0.2, 0) is 0 Å². The molecule has 0 amide bonds. The van der Waals surface area contributed by atoms with E-state index in [2.05, 4.69) is 60.6 Å². The fourth-order valence-corrected chi connectivity index (χ4v) is 6.47. The predicted octanol–water partition coefficient (Wildman–Crippen LogP) is 7.35. The molecule has 3 fully saturated rings. The molecule has 7 unspecified atom stereocenters. The van der Waals surface area contributed by atoms with Crippen molar-refractivity contribution in [2.75, 3.05) is 0 Å². The van der Waals surface area contributed by atoms with Crippen LogP contribution in [0.15, 0.2) is 12.2 Å². The van der Waals surface area contributed by atoms with Crippen LogP contribution < -0.4 is 0 Å². The lowest BCUT2D eigenvalue weighted by Gasteiger charge is -2.58. The Hall–Kier alpha value is -0.260. The molecule has 0 radical (unpaired) electrons. The Bertz CT molecular complexity index is 470. The van der Waals surface area contributed by atoms with E-state index in [9.17, 15) is 0 Å². The monoisotopic (exact) mass is 330 g/mol. The second-order valence-corrected chi connectivity index (χ2v) is 10.8. The smallest absolute Gasteiger partial charge is 0.0226 e. The topological polar surface area (TPSA) is 0 Å². The normalized spacial score (nSPS) is 41.3. The summed E-state index contributed by atoms with van der Waals surface area (Å²) in [7, 11) is 0. The van der Waals surface area contributed by atoms with Crippen LogP contribution in [0.1, 0.15) is 87.0 Å². The first-order chi connectivity index (χ1) is 11.2. The van der Waals surface area contributed by atoms with E-state index < -0.39 is 0 Å². The predicted molar refractivity (Wildman–Crippen MR) is 106 cm³/mol. The number of fused-ring (bicyclic) bond motifs is 4. The van der Waals surface area contributed by atoms with E-state index in [4.69, 9.17) is 0 Å². The van der Waals surface area contributed by atoms with Crippen LogP contribution in [0, 0.1) is 52.3 Å². The van der Waals surface area contributed by atoms with Gasteiger partial charge in [0.25, 0.3) is 0 Å². The summed E-state index contributed by atoms with van der Waals surface area (Å²) in [5, 5.41) is 0. The first-order valence-corrected chi connectivity index (χ1v) is 10.9. The SMILES string of the molecule is CCC(C)CCC1(CCC=CC(C)C(C)C)C2C3CC(C)(C)C3C21. The molecule has 24 heavy (non-hydrogen) atoms. The van der Waals surface area contributed by atoms with E-state index in [0.29, 0.717) is 5.41 Å². The molecular weight excluding hydrogens is 288 g/mol. The molecule has 0 heteroatoms. The van der Waals surface area contributed by atoms with E-state index in [-0.39, 0.29) is 0 Å². The van der Waals surface area contributed by atoms with Crippen molar-refractivity contribution < 1.29 is 0 Å². The van der Waals surface area contributed by atoms with E-state index in [0.717, 1.165) is 46.8 Å². The van der Waals surface area contributed by atoms with Crippen molar-refractivity contribution in [3.05, 3.63) is 12.2 Å². The van der Waals surface area contributed by atoms with Crippen LogP contribution in [0.5, 0.6) is 0 Å². The molecule has 0 aromatic carbocycles. The van der Waals surface area contributed by atoms with Gasteiger partial charge in [-0.1, -0.05) is 73.5 Å². The minimum absolute atomic E-state index is 0.659. The molecule has 0 aliphatic heterocycles. The minimum atomic E-state index is 0.659. The molecule has 138 valence electrons. The second-order valence-electron chi connectivity index (χ2n) is 10.8. The van der Waals surface area contributed by atoms with Crippen LogP contribution >= 0.6 is 0 Å². The van der Waals surface area contributed by atoms with Crippen molar-refractivity contribution >= 4 is 0 Å². The second kappa shape index (κ2) is 6.48. The Labute approximate surface area is 151 Å². The van der Waals surface area contributed by atoms with Crippen molar-refractivity contribution in [3.8, 4) is 0 Å². The molecule has 0 nitrogen and oxygen atoms in total. The third-order valence-electron chi connectivity index (χ3n) is 8.65. The van der Waals surface area contributed by atoms with Crippen LogP contribution in [0.3, 0.4) is 0 Å². The number of allylic oxidation sites excluding steroid dienone is 2. The van der Waals surface area contributed by atoms with Gasteiger partial charge >= 0.3 is 0 Å². The maximum absolute atomic E-state index is 2.53. The van der Waals surface area contributed by atoms with Gasteiger partial charge in [-0.2, -0.15) is 0 Å². The summed E-state index contributed by atoms with van der Waals surface area (Å²) < 4.78 is 0. The molecular formula is C24H42. The van der Waals surface area contributed by atoms with Crippen molar-refractivity contribution in [1.29, 1.82) is 0 Å². The average molecular weight is 331 g/mol. The Kier molecular flexibility index (Phi) is 5.00.